The van der Waals surface area contributed by atoms with Crippen LogP contribution < -0.4 is 5.32 Å². The lowest BCUT2D eigenvalue weighted by Crippen LogP contribution is -2.31. The number of fused-ring (bicyclic) bond motifs is 1. The van der Waals surface area contributed by atoms with Gasteiger partial charge in [0.1, 0.15) is 6.07 Å². The van der Waals surface area contributed by atoms with Gasteiger partial charge in [-0.2, -0.15) is 15.5 Å². The molecule has 0 amide bonds. The number of nitrogens with zero attached hydrogens (tertiary/aromatic N) is 5. The number of piperidine rings is 1. The first-order valence-electron chi connectivity index (χ1n) is 10.5. The van der Waals surface area contributed by atoms with E-state index >= 15 is 0 Å². The Morgan fingerprint density at radius 2 is 2.13 bits per heavy atom. The lowest BCUT2D eigenvalue weighted by molar-refractivity contribution is 0.0820. The highest BCUT2D eigenvalue weighted by atomic mass is 32.2. The van der Waals surface area contributed by atoms with Gasteiger partial charge in [-0.05, 0) is 39.3 Å². The van der Waals surface area contributed by atoms with Gasteiger partial charge in [-0.3, -0.25) is 4.68 Å². The zero-order valence-electron chi connectivity index (χ0n) is 17.7. The Labute approximate surface area is 181 Å². The van der Waals surface area contributed by atoms with Crippen LogP contribution in [0.3, 0.4) is 0 Å². The van der Waals surface area contributed by atoms with E-state index in [1.165, 1.54) is 6.42 Å². The van der Waals surface area contributed by atoms with Gasteiger partial charge in [0.2, 0.25) is 0 Å². The van der Waals surface area contributed by atoms with Crippen LogP contribution in [0.25, 0.3) is 16.6 Å². The number of nitriles is 1. The number of pyridine rings is 1. The molecule has 0 radical (unpaired) electrons. The van der Waals surface area contributed by atoms with Crippen molar-refractivity contribution in [3.05, 3.63) is 36.4 Å². The zero-order valence-corrected chi connectivity index (χ0v) is 18.5. The molecule has 158 valence electrons. The standard InChI is InChI=1S/C22H28N6OS/c1-15(2)29-14-16(3)30-21-7-17(12-28-22(21)18(8-23)9-26-28)19-10-25-27(13-19)20-5-4-6-24-11-20/h7,9-10,12-13,15-16,20,24H,4-6,11,14H2,1-3H3/t16-,20+/m1/s1. The zero-order chi connectivity index (χ0) is 21.1. The van der Waals surface area contributed by atoms with Crippen molar-refractivity contribution < 1.29 is 4.74 Å². The lowest BCUT2D eigenvalue weighted by atomic mass is 10.1. The molecule has 0 saturated carbocycles. The second-order valence-corrected chi connectivity index (χ2v) is 9.56. The van der Waals surface area contributed by atoms with Crippen LogP contribution in [-0.2, 0) is 4.74 Å². The summed E-state index contributed by atoms with van der Waals surface area (Å²) >= 11 is 1.72. The van der Waals surface area contributed by atoms with Gasteiger partial charge in [0.25, 0.3) is 0 Å². The van der Waals surface area contributed by atoms with Crippen LogP contribution in [0.1, 0.15) is 45.2 Å². The van der Waals surface area contributed by atoms with Gasteiger partial charge >= 0.3 is 0 Å². The molecule has 2 atom stereocenters. The molecule has 0 aromatic carbocycles. The Kier molecular flexibility index (Phi) is 6.42. The van der Waals surface area contributed by atoms with E-state index in [-0.39, 0.29) is 11.4 Å². The Bertz CT molecular complexity index is 1040. The Balaban J connectivity index is 1.66. The molecule has 1 aliphatic heterocycles. The summed E-state index contributed by atoms with van der Waals surface area (Å²) in [4.78, 5) is 1.04. The summed E-state index contributed by atoms with van der Waals surface area (Å²) in [6, 6.07) is 4.81. The maximum atomic E-state index is 9.54. The summed E-state index contributed by atoms with van der Waals surface area (Å²) < 4.78 is 9.67. The summed E-state index contributed by atoms with van der Waals surface area (Å²) in [6.45, 7) is 8.93. The van der Waals surface area contributed by atoms with E-state index in [0.29, 0.717) is 18.2 Å². The number of rotatable bonds is 7. The third kappa shape index (κ3) is 4.53. The summed E-state index contributed by atoms with van der Waals surface area (Å²) in [5.74, 6) is 0. The van der Waals surface area contributed by atoms with Crippen molar-refractivity contribution in [1.29, 1.82) is 5.26 Å². The lowest BCUT2D eigenvalue weighted by Gasteiger charge is -2.22. The first-order chi connectivity index (χ1) is 14.5. The van der Waals surface area contributed by atoms with E-state index in [4.69, 9.17) is 4.74 Å². The second kappa shape index (κ2) is 9.21. The topological polar surface area (TPSA) is 80.2 Å². The summed E-state index contributed by atoms with van der Waals surface area (Å²) in [5, 5.41) is 22.3. The van der Waals surface area contributed by atoms with E-state index < -0.39 is 0 Å². The van der Waals surface area contributed by atoms with Gasteiger partial charge in [-0.25, -0.2) is 4.52 Å². The van der Waals surface area contributed by atoms with Crippen LogP contribution in [-0.4, -0.2) is 50.4 Å². The Hall–Kier alpha value is -2.34. The molecule has 30 heavy (non-hydrogen) atoms. The highest BCUT2D eigenvalue weighted by molar-refractivity contribution is 8.00. The van der Waals surface area contributed by atoms with Gasteiger partial charge in [0.15, 0.2) is 0 Å². The highest BCUT2D eigenvalue weighted by Gasteiger charge is 2.18. The van der Waals surface area contributed by atoms with Crippen molar-refractivity contribution in [3.63, 3.8) is 0 Å². The molecule has 3 aromatic heterocycles. The molecule has 3 aromatic rings. The molecular weight excluding hydrogens is 396 g/mol. The van der Waals surface area contributed by atoms with Gasteiger partial charge in [0, 0.05) is 40.2 Å². The monoisotopic (exact) mass is 424 g/mol. The predicted molar refractivity (Wildman–Crippen MR) is 119 cm³/mol. The number of hydrogen-bond acceptors (Lipinski definition) is 6. The van der Waals surface area contributed by atoms with Gasteiger partial charge < -0.3 is 10.1 Å². The maximum Gasteiger partial charge on any atom is 0.103 e. The third-order valence-corrected chi connectivity index (χ3v) is 6.37. The molecule has 0 aliphatic carbocycles. The van der Waals surface area contributed by atoms with Crippen LogP contribution >= 0.6 is 11.8 Å². The number of hydrogen-bond donors (Lipinski definition) is 1. The maximum absolute atomic E-state index is 9.54. The van der Waals surface area contributed by atoms with E-state index in [2.05, 4.69) is 45.5 Å². The molecule has 1 N–H and O–H groups in total. The fraction of sp³-hybridized carbons (Fsp3) is 0.500. The first kappa shape index (κ1) is 20.9. The SMILES string of the molecule is CC(C)OC[C@@H](C)Sc1cc(-c2cnn([C@H]3CCCNC3)c2)cn2ncc(C#N)c12. The van der Waals surface area contributed by atoms with Crippen molar-refractivity contribution in [3.8, 4) is 17.2 Å². The van der Waals surface area contributed by atoms with Gasteiger partial charge in [-0.1, -0.05) is 6.92 Å². The third-order valence-electron chi connectivity index (χ3n) is 5.27. The molecule has 4 rings (SSSR count). The molecule has 0 spiro atoms. The van der Waals surface area contributed by atoms with E-state index in [1.54, 1.807) is 18.0 Å². The number of ether oxygens (including phenoxy) is 1. The minimum atomic E-state index is 0.198. The highest BCUT2D eigenvalue weighted by Crippen LogP contribution is 2.34. The van der Waals surface area contributed by atoms with Crippen LogP contribution in [0.15, 0.2) is 35.7 Å². The molecule has 1 aliphatic rings. The van der Waals surface area contributed by atoms with Crippen LogP contribution in [0.4, 0.5) is 0 Å². The summed E-state index contributed by atoms with van der Waals surface area (Å²) in [7, 11) is 0. The van der Waals surface area contributed by atoms with Crippen LogP contribution in [0.2, 0.25) is 0 Å². The Morgan fingerprint density at radius 1 is 1.27 bits per heavy atom. The predicted octanol–water partition coefficient (Wildman–Crippen LogP) is 3.90. The number of aromatic nitrogens is 4. The minimum Gasteiger partial charge on any atom is -0.378 e. The molecule has 8 heteroatoms. The molecule has 1 fully saturated rings. The van der Waals surface area contributed by atoms with E-state index in [0.717, 1.165) is 41.0 Å². The molecule has 1 saturated heterocycles. The largest absolute Gasteiger partial charge is 0.378 e. The normalized spacial score (nSPS) is 18.0. The van der Waals surface area contributed by atoms with Crippen LogP contribution in [0.5, 0.6) is 0 Å². The van der Waals surface area contributed by atoms with Gasteiger partial charge in [0.05, 0.1) is 42.2 Å². The van der Waals surface area contributed by atoms with Crippen molar-refractivity contribution in [2.75, 3.05) is 19.7 Å². The Morgan fingerprint density at radius 3 is 2.87 bits per heavy atom. The van der Waals surface area contributed by atoms with E-state index in [1.807, 2.05) is 30.8 Å². The molecule has 4 heterocycles. The van der Waals surface area contributed by atoms with Crippen molar-refractivity contribution in [2.24, 2.45) is 0 Å². The summed E-state index contributed by atoms with van der Waals surface area (Å²) in [6.07, 6.45) is 10.2. The molecule has 0 bridgehead atoms. The van der Waals surface area contributed by atoms with Gasteiger partial charge in [-0.15, -0.1) is 11.8 Å². The summed E-state index contributed by atoms with van der Waals surface area (Å²) in [5.41, 5.74) is 3.55. The first-order valence-corrected chi connectivity index (χ1v) is 11.4. The van der Waals surface area contributed by atoms with Crippen molar-refractivity contribution in [1.82, 2.24) is 24.7 Å². The average molecular weight is 425 g/mol. The molecule has 7 nitrogen and oxygen atoms in total. The second-order valence-electron chi connectivity index (χ2n) is 8.08. The number of nitrogens with one attached hydrogen (secondary N) is 1. The smallest absolute Gasteiger partial charge is 0.103 e. The fourth-order valence-corrected chi connectivity index (χ4v) is 4.83. The van der Waals surface area contributed by atoms with Crippen molar-refractivity contribution in [2.45, 2.75) is 55.9 Å². The molecule has 0 unspecified atom stereocenters. The van der Waals surface area contributed by atoms with Crippen molar-refractivity contribution >= 4 is 17.3 Å². The average Bonchev–Trinajstić information content (AvgIpc) is 3.40. The quantitative estimate of drug-likeness (QED) is 0.580. The minimum absolute atomic E-state index is 0.198. The number of thioether (sulfide) groups is 1. The van der Waals surface area contributed by atoms with E-state index in [9.17, 15) is 5.26 Å². The van der Waals surface area contributed by atoms with Crippen LogP contribution in [0, 0.1) is 11.3 Å². The molecular formula is C22H28N6OS. The fourth-order valence-electron chi connectivity index (χ4n) is 3.74.